The first kappa shape index (κ1) is 14.8. The number of fused-ring (bicyclic) bond motifs is 3. The van der Waals surface area contributed by atoms with Gasteiger partial charge in [-0.1, -0.05) is 17.7 Å². The standard InChI is InChI=1S/C17H15ClN6O/c1-10-4-5-11(7-13(10)18)24-15-12(8-20-24)16-21-22-17(23(16)9-19-15)14-3-2-6-25-14/h4-5,7-9,14H,2-3,6H2,1H3/t14-/m0/s1. The molecule has 3 aromatic heterocycles. The smallest absolute Gasteiger partial charge is 0.174 e. The van der Waals surface area contributed by atoms with Crippen molar-refractivity contribution in [1.82, 2.24) is 29.4 Å². The van der Waals surface area contributed by atoms with E-state index < -0.39 is 0 Å². The van der Waals surface area contributed by atoms with E-state index in [0.29, 0.717) is 5.02 Å². The summed E-state index contributed by atoms with van der Waals surface area (Å²) in [6.45, 7) is 2.74. The van der Waals surface area contributed by atoms with Gasteiger partial charge in [-0.05, 0) is 37.5 Å². The first-order valence-electron chi connectivity index (χ1n) is 8.18. The summed E-state index contributed by atoms with van der Waals surface area (Å²) in [4.78, 5) is 4.59. The van der Waals surface area contributed by atoms with E-state index in [4.69, 9.17) is 16.3 Å². The minimum Gasteiger partial charge on any atom is -0.370 e. The lowest BCUT2D eigenvalue weighted by Gasteiger charge is -2.07. The molecule has 0 bridgehead atoms. The molecule has 0 aliphatic carbocycles. The van der Waals surface area contributed by atoms with Crippen molar-refractivity contribution >= 4 is 28.3 Å². The molecule has 0 N–H and O–H groups in total. The Hall–Kier alpha value is -2.51. The second-order valence-electron chi connectivity index (χ2n) is 6.23. The van der Waals surface area contributed by atoms with Crippen LogP contribution in [0.25, 0.3) is 22.4 Å². The zero-order chi connectivity index (χ0) is 17.0. The summed E-state index contributed by atoms with van der Waals surface area (Å²) in [7, 11) is 0. The number of aromatic nitrogens is 6. The molecule has 8 heteroatoms. The first-order chi connectivity index (χ1) is 12.2. The van der Waals surface area contributed by atoms with Gasteiger partial charge in [-0.25, -0.2) is 9.67 Å². The van der Waals surface area contributed by atoms with Crippen LogP contribution in [0.1, 0.15) is 30.3 Å². The number of halogens is 1. The summed E-state index contributed by atoms with van der Waals surface area (Å²) < 4.78 is 9.39. The minimum absolute atomic E-state index is 0.0137. The van der Waals surface area contributed by atoms with E-state index in [2.05, 4.69) is 20.3 Å². The molecule has 1 atom stereocenters. The van der Waals surface area contributed by atoms with Gasteiger partial charge in [-0.2, -0.15) is 5.10 Å². The number of hydrogen-bond donors (Lipinski definition) is 0. The average molecular weight is 355 g/mol. The largest absolute Gasteiger partial charge is 0.370 e. The van der Waals surface area contributed by atoms with Crippen molar-refractivity contribution in [3.63, 3.8) is 0 Å². The third kappa shape index (κ3) is 2.23. The second-order valence-corrected chi connectivity index (χ2v) is 6.63. The fraction of sp³-hybridized carbons (Fsp3) is 0.294. The van der Waals surface area contributed by atoms with Crippen molar-refractivity contribution < 1.29 is 4.74 Å². The number of hydrogen-bond acceptors (Lipinski definition) is 5. The van der Waals surface area contributed by atoms with Crippen LogP contribution in [0.5, 0.6) is 0 Å². The van der Waals surface area contributed by atoms with E-state index >= 15 is 0 Å². The second kappa shape index (κ2) is 5.50. The fourth-order valence-electron chi connectivity index (χ4n) is 3.24. The highest BCUT2D eigenvalue weighted by atomic mass is 35.5. The highest BCUT2D eigenvalue weighted by Crippen LogP contribution is 2.29. The maximum Gasteiger partial charge on any atom is 0.174 e. The fourth-order valence-corrected chi connectivity index (χ4v) is 3.42. The van der Waals surface area contributed by atoms with Crippen LogP contribution in [-0.2, 0) is 4.74 Å². The van der Waals surface area contributed by atoms with Crippen molar-refractivity contribution in [2.75, 3.05) is 6.61 Å². The molecular weight excluding hydrogens is 340 g/mol. The predicted molar refractivity (Wildman–Crippen MR) is 93.1 cm³/mol. The predicted octanol–water partition coefficient (Wildman–Crippen LogP) is 3.28. The van der Waals surface area contributed by atoms with Crippen LogP contribution in [0.4, 0.5) is 0 Å². The lowest BCUT2D eigenvalue weighted by molar-refractivity contribution is 0.104. The molecule has 0 saturated carbocycles. The Morgan fingerprint density at radius 2 is 2.16 bits per heavy atom. The van der Waals surface area contributed by atoms with Crippen molar-refractivity contribution in [3.05, 3.63) is 47.1 Å². The summed E-state index contributed by atoms with van der Waals surface area (Å²) >= 11 is 6.25. The van der Waals surface area contributed by atoms with Gasteiger partial charge in [0, 0.05) is 11.6 Å². The molecule has 0 radical (unpaired) electrons. The summed E-state index contributed by atoms with van der Waals surface area (Å²) in [5.41, 5.74) is 3.34. The van der Waals surface area contributed by atoms with E-state index in [1.165, 1.54) is 0 Å². The van der Waals surface area contributed by atoms with E-state index in [1.807, 2.05) is 29.5 Å². The zero-order valence-electron chi connectivity index (χ0n) is 13.6. The SMILES string of the molecule is Cc1ccc(-n2ncc3c2ncn2c([C@@H]4CCCO4)nnc32)cc1Cl. The topological polar surface area (TPSA) is 70.1 Å². The summed E-state index contributed by atoms with van der Waals surface area (Å²) in [6, 6.07) is 5.83. The number of benzene rings is 1. The quantitative estimate of drug-likeness (QED) is 0.552. The lowest BCUT2D eigenvalue weighted by Crippen LogP contribution is -2.04. The molecule has 25 heavy (non-hydrogen) atoms. The summed E-state index contributed by atoms with van der Waals surface area (Å²) in [5.74, 6) is 0.799. The lowest BCUT2D eigenvalue weighted by atomic mass is 10.2. The average Bonchev–Trinajstić information content (AvgIpc) is 3.34. The van der Waals surface area contributed by atoms with Crippen LogP contribution in [0, 0.1) is 6.92 Å². The number of ether oxygens (including phenoxy) is 1. The minimum atomic E-state index is -0.0137. The molecule has 1 aliphatic rings. The number of aryl methyl sites for hydroxylation is 1. The molecular formula is C17H15ClN6O. The maximum absolute atomic E-state index is 6.25. The van der Waals surface area contributed by atoms with E-state index in [9.17, 15) is 0 Å². The Morgan fingerprint density at radius 3 is 2.96 bits per heavy atom. The molecule has 7 nitrogen and oxygen atoms in total. The Bertz CT molecular complexity index is 1100. The van der Waals surface area contributed by atoms with E-state index in [1.54, 1.807) is 17.2 Å². The molecule has 0 unspecified atom stereocenters. The summed E-state index contributed by atoms with van der Waals surface area (Å²) in [6.07, 6.45) is 5.49. The molecule has 126 valence electrons. The van der Waals surface area contributed by atoms with E-state index in [0.717, 1.165) is 53.2 Å². The highest BCUT2D eigenvalue weighted by molar-refractivity contribution is 6.31. The molecule has 0 amide bonds. The third-order valence-electron chi connectivity index (χ3n) is 4.62. The summed E-state index contributed by atoms with van der Waals surface area (Å²) in [5, 5.41) is 14.7. The van der Waals surface area contributed by atoms with Crippen LogP contribution in [-0.4, -0.2) is 36.0 Å². The van der Waals surface area contributed by atoms with Gasteiger partial charge in [0.2, 0.25) is 0 Å². The maximum atomic E-state index is 6.25. The third-order valence-corrected chi connectivity index (χ3v) is 5.03. The Balaban J connectivity index is 1.68. The Labute approximate surface area is 148 Å². The molecule has 5 rings (SSSR count). The van der Waals surface area contributed by atoms with Gasteiger partial charge in [-0.3, -0.25) is 4.40 Å². The van der Waals surface area contributed by atoms with Crippen LogP contribution < -0.4 is 0 Å². The molecule has 1 fully saturated rings. The van der Waals surface area contributed by atoms with Gasteiger partial charge in [0.05, 0.1) is 17.3 Å². The van der Waals surface area contributed by atoms with Crippen molar-refractivity contribution in [1.29, 1.82) is 0 Å². The molecule has 4 aromatic rings. The van der Waals surface area contributed by atoms with Crippen molar-refractivity contribution in [2.24, 2.45) is 0 Å². The molecule has 1 aromatic carbocycles. The van der Waals surface area contributed by atoms with Gasteiger partial charge in [0.15, 0.2) is 17.1 Å². The highest BCUT2D eigenvalue weighted by Gasteiger charge is 2.24. The van der Waals surface area contributed by atoms with Crippen LogP contribution in [0.2, 0.25) is 5.02 Å². The zero-order valence-corrected chi connectivity index (χ0v) is 14.3. The van der Waals surface area contributed by atoms with Gasteiger partial charge in [0.25, 0.3) is 0 Å². The number of nitrogens with zero attached hydrogens (tertiary/aromatic N) is 6. The molecule has 1 aliphatic heterocycles. The van der Waals surface area contributed by atoms with Gasteiger partial charge >= 0.3 is 0 Å². The van der Waals surface area contributed by atoms with Gasteiger partial charge in [-0.15, -0.1) is 10.2 Å². The monoisotopic (exact) mass is 354 g/mol. The van der Waals surface area contributed by atoms with Crippen molar-refractivity contribution in [2.45, 2.75) is 25.9 Å². The van der Waals surface area contributed by atoms with Crippen molar-refractivity contribution in [3.8, 4) is 5.69 Å². The first-order valence-corrected chi connectivity index (χ1v) is 8.55. The number of rotatable bonds is 2. The van der Waals surface area contributed by atoms with Crippen LogP contribution in [0.15, 0.2) is 30.7 Å². The normalized spacial score (nSPS) is 17.8. The Kier molecular flexibility index (Phi) is 3.26. The van der Waals surface area contributed by atoms with Gasteiger partial charge in [0.1, 0.15) is 12.4 Å². The molecule has 1 saturated heterocycles. The van der Waals surface area contributed by atoms with Crippen LogP contribution in [0.3, 0.4) is 0 Å². The molecule has 0 spiro atoms. The molecule has 4 heterocycles. The van der Waals surface area contributed by atoms with Crippen LogP contribution >= 0.6 is 11.6 Å². The van der Waals surface area contributed by atoms with E-state index in [-0.39, 0.29) is 6.10 Å². The van der Waals surface area contributed by atoms with Gasteiger partial charge < -0.3 is 4.74 Å². The Morgan fingerprint density at radius 1 is 1.24 bits per heavy atom.